The quantitative estimate of drug-likeness (QED) is 0.693. The first kappa shape index (κ1) is 15.8. The van der Waals surface area contributed by atoms with Gasteiger partial charge in [0.2, 0.25) is 0 Å². The second-order valence-electron chi connectivity index (χ2n) is 5.51. The Bertz CT molecular complexity index is 320. The molecule has 0 bridgehead atoms. The number of carbonyl (C=O) groups excluding carboxylic acids is 1. The van der Waals surface area contributed by atoms with Gasteiger partial charge in [-0.15, -0.1) is 0 Å². The summed E-state index contributed by atoms with van der Waals surface area (Å²) in [6.07, 6.45) is 4.45. The van der Waals surface area contributed by atoms with Crippen molar-refractivity contribution >= 4 is 12.0 Å². The molecule has 3 N–H and O–H groups in total. The lowest BCUT2D eigenvalue weighted by Crippen LogP contribution is -2.49. The van der Waals surface area contributed by atoms with Gasteiger partial charge in [-0.2, -0.15) is 0 Å². The minimum absolute atomic E-state index is 0.168. The first-order valence-corrected chi connectivity index (χ1v) is 7.29. The molecule has 0 radical (unpaired) electrons. The van der Waals surface area contributed by atoms with Gasteiger partial charge in [-0.05, 0) is 31.1 Å². The smallest absolute Gasteiger partial charge is 0.326 e. The van der Waals surface area contributed by atoms with E-state index < -0.39 is 12.0 Å². The topological polar surface area (TPSA) is 78.4 Å². The molecule has 0 spiro atoms. The molecule has 4 atom stereocenters. The lowest BCUT2D eigenvalue weighted by molar-refractivity contribution is -0.139. The average molecular weight is 270 g/mol. The Labute approximate surface area is 115 Å². The second-order valence-corrected chi connectivity index (χ2v) is 5.51. The van der Waals surface area contributed by atoms with Crippen molar-refractivity contribution in [3.05, 3.63) is 0 Å². The molecule has 1 rings (SSSR count). The molecule has 1 fully saturated rings. The van der Waals surface area contributed by atoms with Crippen LogP contribution in [0.15, 0.2) is 0 Å². The number of nitrogens with one attached hydrogen (secondary N) is 2. The van der Waals surface area contributed by atoms with Crippen molar-refractivity contribution in [1.29, 1.82) is 0 Å². The summed E-state index contributed by atoms with van der Waals surface area (Å²) in [5.41, 5.74) is 0. The molecule has 5 heteroatoms. The van der Waals surface area contributed by atoms with E-state index in [1.165, 1.54) is 0 Å². The van der Waals surface area contributed by atoms with Crippen LogP contribution in [-0.2, 0) is 4.79 Å². The van der Waals surface area contributed by atoms with Crippen molar-refractivity contribution in [2.24, 2.45) is 11.8 Å². The molecule has 4 unspecified atom stereocenters. The normalized spacial score (nSPS) is 27.8. The highest BCUT2D eigenvalue weighted by Crippen LogP contribution is 2.33. The highest BCUT2D eigenvalue weighted by molar-refractivity contribution is 5.82. The zero-order valence-corrected chi connectivity index (χ0v) is 12.1. The SMILES string of the molecule is CCCC(NC(=O)NC1CCC(CC)C1C)C(=O)O. The Morgan fingerprint density at radius 1 is 1.32 bits per heavy atom. The summed E-state index contributed by atoms with van der Waals surface area (Å²) in [5.74, 6) is 0.157. The summed E-state index contributed by atoms with van der Waals surface area (Å²) in [7, 11) is 0. The Morgan fingerprint density at radius 3 is 2.47 bits per heavy atom. The van der Waals surface area contributed by atoms with Crippen LogP contribution in [0.5, 0.6) is 0 Å². The molecule has 0 heterocycles. The van der Waals surface area contributed by atoms with Gasteiger partial charge >= 0.3 is 12.0 Å². The maximum atomic E-state index is 11.8. The highest BCUT2D eigenvalue weighted by atomic mass is 16.4. The van der Waals surface area contributed by atoms with Gasteiger partial charge in [0.05, 0.1) is 0 Å². The molecule has 1 aliphatic rings. The Kier molecular flexibility index (Phi) is 6.12. The maximum Gasteiger partial charge on any atom is 0.326 e. The van der Waals surface area contributed by atoms with Crippen LogP contribution in [0.1, 0.15) is 52.9 Å². The van der Waals surface area contributed by atoms with Crippen LogP contribution in [-0.4, -0.2) is 29.2 Å². The molecule has 0 aliphatic heterocycles. The van der Waals surface area contributed by atoms with Gasteiger partial charge in [-0.25, -0.2) is 9.59 Å². The van der Waals surface area contributed by atoms with Gasteiger partial charge < -0.3 is 15.7 Å². The lowest BCUT2D eigenvalue weighted by Gasteiger charge is -2.22. The molecule has 19 heavy (non-hydrogen) atoms. The van der Waals surface area contributed by atoms with E-state index in [2.05, 4.69) is 24.5 Å². The summed E-state index contributed by atoms with van der Waals surface area (Å²) in [6.45, 7) is 6.23. The number of carbonyl (C=O) groups is 2. The molecule has 0 aromatic rings. The van der Waals surface area contributed by atoms with Crippen molar-refractivity contribution in [3.8, 4) is 0 Å². The molecule has 0 saturated heterocycles. The molecule has 0 aromatic carbocycles. The standard InChI is InChI=1S/C14H26N2O3/c1-4-6-12(13(17)18)16-14(19)15-11-8-7-10(5-2)9(11)3/h9-12H,4-8H2,1-3H3,(H,17,18)(H2,15,16,19). The minimum atomic E-state index is -0.970. The zero-order chi connectivity index (χ0) is 14.4. The number of rotatable bonds is 6. The largest absolute Gasteiger partial charge is 0.480 e. The summed E-state index contributed by atoms with van der Waals surface area (Å²) < 4.78 is 0. The first-order valence-electron chi connectivity index (χ1n) is 7.29. The number of hydrogen-bond donors (Lipinski definition) is 3. The lowest BCUT2D eigenvalue weighted by atomic mass is 9.93. The van der Waals surface area contributed by atoms with Gasteiger partial charge in [0, 0.05) is 6.04 Å². The van der Waals surface area contributed by atoms with Crippen molar-refractivity contribution in [3.63, 3.8) is 0 Å². The minimum Gasteiger partial charge on any atom is -0.480 e. The summed E-state index contributed by atoms with van der Waals surface area (Å²) in [4.78, 5) is 22.8. The van der Waals surface area contributed by atoms with E-state index >= 15 is 0 Å². The number of carboxylic acid groups (broad SMARTS) is 1. The molecule has 0 aromatic heterocycles. The van der Waals surface area contributed by atoms with Gasteiger partial charge in [-0.1, -0.05) is 33.6 Å². The Balaban J connectivity index is 2.44. The van der Waals surface area contributed by atoms with Crippen molar-refractivity contribution in [2.75, 3.05) is 0 Å². The third kappa shape index (κ3) is 4.40. The summed E-state index contributed by atoms with van der Waals surface area (Å²) >= 11 is 0. The van der Waals surface area contributed by atoms with Crippen LogP contribution >= 0.6 is 0 Å². The number of urea groups is 1. The van der Waals surface area contributed by atoms with Crippen molar-refractivity contribution < 1.29 is 14.7 Å². The molecule has 1 aliphatic carbocycles. The van der Waals surface area contributed by atoms with Crippen molar-refractivity contribution in [2.45, 2.75) is 65.0 Å². The van der Waals surface area contributed by atoms with E-state index in [4.69, 9.17) is 5.11 Å². The van der Waals surface area contributed by atoms with Gasteiger partial charge in [-0.3, -0.25) is 0 Å². The molecule has 5 nitrogen and oxygen atoms in total. The third-order valence-corrected chi connectivity index (χ3v) is 4.25. The number of amides is 2. The monoisotopic (exact) mass is 270 g/mol. The predicted octanol–water partition coefficient (Wildman–Crippen LogP) is 2.36. The molecule has 2 amide bonds. The van der Waals surface area contributed by atoms with E-state index in [0.29, 0.717) is 18.3 Å². The van der Waals surface area contributed by atoms with E-state index in [-0.39, 0.29) is 12.1 Å². The third-order valence-electron chi connectivity index (χ3n) is 4.25. The van der Waals surface area contributed by atoms with Crippen LogP contribution < -0.4 is 10.6 Å². The average Bonchev–Trinajstić information content (AvgIpc) is 2.69. The Morgan fingerprint density at radius 2 is 2.00 bits per heavy atom. The van der Waals surface area contributed by atoms with Crippen LogP contribution in [0.2, 0.25) is 0 Å². The van der Waals surface area contributed by atoms with Crippen LogP contribution in [0, 0.1) is 11.8 Å². The fourth-order valence-corrected chi connectivity index (χ4v) is 2.94. The van der Waals surface area contributed by atoms with Crippen LogP contribution in [0.25, 0.3) is 0 Å². The van der Waals surface area contributed by atoms with Crippen molar-refractivity contribution in [1.82, 2.24) is 10.6 Å². The first-order chi connectivity index (χ1) is 8.99. The van der Waals surface area contributed by atoms with Crippen LogP contribution in [0.4, 0.5) is 4.79 Å². The van der Waals surface area contributed by atoms with Crippen LogP contribution in [0.3, 0.4) is 0 Å². The van der Waals surface area contributed by atoms with Gasteiger partial charge in [0.1, 0.15) is 6.04 Å². The fourth-order valence-electron chi connectivity index (χ4n) is 2.94. The second kappa shape index (κ2) is 7.36. The number of aliphatic carboxylic acids is 1. The maximum absolute atomic E-state index is 11.8. The Hall–Kier alpha value is -1.26. The molecular formula is C14H26N2O3. The van der Waals surface area contributed by atoms with E-state index in [1.54, 1.807) is 0 Å². The van der Waals surface area contributed by atoms with E-state index in [0.717, 1.165) is 25.7 Å². The molecule has 1 saturated carbocycles. The summed E-state index contributed by atoms with van der Waals surface area (Å²) in [6, 6.07) is -0.973. The summed E-state index contributed by atoms with van der Waals surface area (Å²) in [5, 5.41) is 14.5. The predicted molar refractivity (Wildman–Crippen MR) is 74.0 cm³/mol. The highest BCUT2D eigenvalue weighted by Gasteiger charge is 2.32. The fraction of sp³-hybridized carbons (Fsp3) is 0.857. The van der Waals surface area contributed by atoms with E-state index in [9.17, 15) is 9.59 Å². The molecular weight excluding hydrogens is 244 g/mol. The van der Waals surface area contributed by atoms with Gasteiger partial charge in [0.15, 0.2) is 0 Å². The number of carboxylic acids is 1. The molecule has 110 valence electrons. The zero-order valence-electron chi connectivity index (χ0n) is 12.1. The van der Waals surface area contributed by atoms with Gasteiger partial charge in [0.25, 0.3) is 0 Å². The van der Waals surface area contributed by atoms with E-state index in [1.807, 2.05) is 6.92 Å². The number of hydrogen-bond acceptors (Lipinski definition) is 2.